The van der Waals surface area contributed by atoms with Gasteiger partial charge in [-0.3, -0.25) is 4.79 Å². The van der Waals surface area contributed by atoms with E-state index in [0.29, 0.717) is 21.7 Å². The first-order valence-corrected chi connectivity index (χ1v) is 11.2. The fraction of sp³-hybridized carbons (Fsp3) is 0.115. The second kappa shape index (κ2) is 8.94. The molecule has 0 bridgehead atoms. The number of aromatic amines is 1. The van der Waals surface area contributed by atoms with Gasteiger partial charge in [-0.05, 0) is 29.8 Å². The van der Waals surface area contributed by atoms with Crippen LogP contribution >= 0.6 is 11.6 Å². The Morgan fingerprint density at radius 2 is 1.67 bits per heavy atom. The number of nitrogens with one attached hydrogen (secondary N) is 1. The highest BCUT2D eigenvalue weighted by Gasteiger charge is 2.27. The number of nitrogens with zero attached hydrogens (tertiary/aromatic N) is 2. The summed E-state index contributed by atoms with van der Waals surface area (Å²) in [7, 11) is 2.86. The molecule has 0 unspecified atom stereocenters. The SMILES string of the molecule is COc1cc2[nH]c(=O)n(-c3c(C(=O)O)n(Cc4ccccc4)c4ccc(Cl)cc34)c(=O)c2cc1OC. The van der Waals surface area contributed by atoms with Gasteiger partial charge >= 0.3 is 11.7 Å². The van der Waals surface area contributed by atoms with Crippen LogP contribution in [0.4, 0.5) is 0 Å². The lowest BCUT2D eigenvalue weighted by Gasteiger charge is -2.12. The molecule has 182 valence electrons. The number of ether oxygens (including phenoxy) is 2. The van der Waals surface area contributed by atoms with Crippen LogP contribution in [0.2, 0.25) is 5.02 Å². The van der Waals surface area contributed by atoms with E-state index in [1.54, 1.807) is 22.8 Å². The van der Waals surface area contributed by atoms with Crippen LogP contribution in [0.5, 0.6) is 11.5 Å². The average molecular weight is 506 g/mol. The molecule has 0 atom stereocenters. The summed E-state index contributed by atoms with van der Waals surface area (Å²) >= 11 is 6.27. The fourth-order valence-corrected chi connectivity index (χ4v) is 4.60. The molecule has 5 aromatic rings. The predicted molar refractivity (Wildman–Crippen MR) is 136 cm³/mol. The van der Waals surface area contributed by atoms with Crippen molar-refractivity contribution in [3.8, 4) is 17.2 Å². The van der Waals surface area contributed by atoms with E-state index in [-0.39, 0.29) is 34.6 Å². The number of aromatic carboxylic acids is 1. The van der Waals surface area contributed by atoms with Crippen LogP contribution in [0, 0.1) is 0 Å². The number of fused-ring (bicyclic) bond motifs is 2. The van der Waals surface area contributed by atoms with Crippen molar-refractivity contribution < 1.29 is 19.4 Å². The van der Waals surface area contributed by atoms with Crippen LogP contribution < -0.4 is 20.7 Å². The molecule has 0 radical (unpaired) electrons. The Hall–Kier alpha value is -4.50. The molecule has 0 amide bonds. The molecular formula is C26H20ClN3O6. The zero-order valence-corrected chi connectivity index (χ0v) is 20.0. The summed E-state index contributed by atoms with van der Waals surface area (Å²) in [5.41, 5.74) is -0.231. The Morgan fingerprint density at radius 1 is 0.972 bits per heavy atom. The van der Waals surface area contributed by atoms with Gasteiger partial charge in [-0.15, -0.1) is 0 Å². The number of methoxy groups -OCH3 is 2. The lowest BCUT2D eigenvalue weighted by molar-refractivity contribution is 0.0686. The minimum atomic E-state index is -1.30. The highest BCUT2D eigenvalue weighted by Crippen LogP contribution is 2.33. The second-order valence-electron chi connectivity index (χ2n) is 8.06. The van der Waals surface area contributed by atoms with Crippen molar-refractivity contribution in [2.24, 2.45) is 0 Å². The molecule has 0 spiro atoms. The van der Waals surface area contributed by atoms with Crippen molar-refractivity contribution in [3.63, 3.8) is 0 Å². The van der Waals surface area contributed by atoms with E-state index in [1.807, 2.05) is 30.3 Å². The minimum Gasteiger partial charge on any atom is -0.493 e. The summed E-state index contributed by atoms with van der Waals surface area (Å²) in [6.45, 7) is 0.200. The molecule has 2 aromatic heterocycles. The highest BCUT2D eigenvalue weighted by molar-refractivity contribution is 6.31. The lowest BCUT2D eigenvalue weighted by Crippen LogP contribution is -2.34. The number of halogens is 1. The number of rotatable bonds is 6. The van der Waals surface area contributed by atoms with Crippen molar-refractivity contribution in [3.05, 3.63) is 97.8 Å². The minimum absolute atomic E-state index is 0.0705. The number of aromatic nitrogens is 3. The predicted octanol–water partition coefficient (Wildman–Crippen LogP) is 4.05. The topological polar surface area (TPSA) is 116 Å². The van der Waals surface area contributed by atoms with E-state index in [9.17, 15) is 19.5 Å². The first kappa shape index (κ1) is 23.3. The van der Waals surface area contributed by atoms with Gasteiger partial charge in [-0.1, -0.05) is 41.9 Å². The maximum atomic E-state index is 13.7. The molecule has 10 heteroatoms. The van der Waals surface area contributed by atoms with Crippen LogP contribution in [0.15, 0.2) is 70.3 Å². The Labute approximate surface area is 208 Å². The smallest absolute Gasteiger partial charge is 0.354 e. The van der Waals surface area contributed by atoms with Crippen LogP contribution in [-0.4, -0.2) is 39.4 Å². The zero-order valence-electron chi connectivity index (χ0n) is 19.2. The maximum absolute atomic E-state index is 13.7. The van der Waals surface area contributed by atoms with Crippen molar-refractivity contribution >= 4 is 39.4 Å². The molecule has 2 heterocycles. The zero-order chi connectivity index (χ0) is 25.6. The van der Waals surface area contributed by atoms with E-state index in [2.05, 4.69) is 4.98 Å². The van der Waals surface area contributed by atoms with Gasteiger partial charge in [-0.2, -0.15) is 0 Å². The van der Waals surface area contributed by atoms with Crippen LogP contribution in [0.1, 0.15) is 16.1 Å². The van der Waals surface area contributed by atoms with E-state index in [1.165, 1.54) is 26.4 Å². The van der Waals surface area contributed by atoms with Crippen molar-refractivity contribution in [2.45, 2.75) is 6.54 Å². The lowest BCUT2D eigenvalue weighted by atomic mass is 10.2. The van der Waals surface area contributed by atoms with Gasteiger partial charge in [0, 0.05) is 23.0 Å². The maximum Gasteiger partial charge on any atom is 0.354 e. The normalized spacial score (nSPS) is 11.2. The quantitative estimate of drug-likeness (QED) is 0.360. The Balaban J connectivity index is 1.90. The molecule has 5 rings (SSSR count). The fourth-order valence-electron chi connectivity index (χ4n) is 4.43. The van der Waals surface area contributed by atoms with Crippen LogP contribution in [-0.2, 0) is 6.54 Å². The number of hydrogen-bond acceptors (Lipinski definition) is 5. The Morgan fingerprint density at radius 3 is 2.33 bits per heavy atom. The van der Waals surface area contributed by atoms with Crippen molar-refractivity contribution in [2.75, 3.05) is 14.2 Å². The summed E-state index contributed by atoms with van der Waals surface area (Å²) in [6.07, 6.45) is 0. The van der Waals surface area contributed by atoms with E-state index in [0.717, 1.165) is 10.1 Å². The molecule has 0 saturated carbocycles. The van der Waals surface area contributed by atoms with E-state index < -0.39 is 17.2 Å². The molecular weight excluding hydrogens is 486 g/mol. The first-order valence-electron chi connectivity index (χ1n) is 10.8. The van der Waals surface area contributed by atoms with Gasteiger partial charge in [-0.25, -0.2) is 14.2 Å². The Kier molecular flexibility index (Phi) is 5.77. The monoisotopic (exact) mass is 505 g/mol. The molecule has 0 saturated heterocycles. The summed E-state index contributed by atoms with van der Waals surface area (Å²) in [5.74, 6) is -0.684. The summed E-state index contributed by atoms with van der Waals surface area (Å²) < 4.78 is 13.0. The number of carboxylic acids is 1. The van der Waals surface area contributed by atoms with Gasteiger partial charge in [0.2, 0.25) is 0 Å². The highest BCUT2D eigenvalue weighted by atomic mass is 35.5. The summed E-state index contributed by atoms with van der Waals surface area (Å²) in [4.78, 5) is 42.3. The number of carbonyl (C=O) groups is 1. The second-order valence-corrected chi connectivity index (χ2v) is 8.50. The third-order valence-electron chi connectivity index (χ3n) is 6.01. The Bertz CT molecular complexity index is 1770. The number of H-pyrrole nitrogens is 1. The van der Waals surface area contributed by atoms with Crippen molar-refractivity contribution in [1.82, 2.24) is 14.1 Å². The van der Waals surface area contributed by atoms with Crippen molar-refractivity contribution in [1.29, 1.82) is 0 Å². The molecule has 0 aliphatic carbocycles. The molecule has 0 aliphatic heterocycles. The summed E-state index contributed by atoms with van der Waals surface area (Å²) in [5, 5.41) is 11.1. The van der Waals surface area contributed by atoms with Crippen LogP contribution in [0.3, 0.4) is 0 Å². The van der Waals surface area contributed by atoms with Crippen LogP contribution in [0.25, 0.3) is 27.5 Å². The molecule has 3 aromatic carbocycles. The van der Waals surface area contributed by atoms with E-state index in [4.69, 9.17) is 21.1 Å². The summed E-state index contributed by atoms with van der Waals surface area (Å²) in [6, 6.07) is 17.1. The number of carboxylic acid groups (broad SMARTS) is 1. The first-order chi connectivity index (χ1) is 17.3. The molecule has 0 aliphatic rings. The van der Waals surface area contributed by atoms with Gasteiger partial charge in [0.25, 0.3) is 5.56 Å². The third-order valence-corrected chi connectivity index (χ3v) is 6.25. The average Bonchev–Trinajstić information content (AvgIpc) is 3.17. The largest absolute Gasteiger partial charge is 0.493 e. The molecule has 2 N–H and O–H groups in total. The molecule has 0 fully saturated rings. The van der Waals surface area contributed by atoms with Gasteiger partial charge < -0.3 is 24.1 Å². The molecule has 36 heavy (non-hydrogen) atoms. The van der Waals surface area contributed by atoms with Gasteiger partial charge in [0.05, 0.1) is 36.3 Å². The van der Waals surface area contributed by atoms with Gasteiger partial charge in [0.1, 0.15) is 0 Å². The van der Waals surface area contributed by atoms with Gasteiger partial charge in [0.15, 0.2) is 17.2 Å². The van der Waals surface area contributed by atoms with E-state index >= 15 is 0 Å². The number of hydrogen-bond donors (Lipinski definition) is 2. The number of benzene rings is 3. The third kappa shape index (κ3) is 3.70. The standard InChI is InChI=1S/C26H20ClN3O6/c1-35-20-11-16-18(12-21(20)36-2)28-26(34)30(24(16)31)22-17-10-15(27)8-9-19(17)29(23(22)25(32)33)13-14-6-4-3-5-7-14/h3-12H,13H2,1-2H3,(H,28,34)(H,32,33). The molecule has 9 nitrogen and oxygen atoms in total.